The zero-order valence-corrected chi connectivity index (χ0v) is 13.4. The highest BCUT2D eigenvalue weighted by Crippen LogP contribution is 2.26. The second kappa shape index (κ2) is 7.08. The highest BCUT2D eigenvalue weighted by Gasteiger charge is 2.26. The highest BCUT2D eigenvalue weighted by atomic mass is 16.4. The van der Waals surface area contributed by atoms with Crippen molar-refractivity contribution in [1.29, 1.82) is 0 Å². The van der Waals surface area contributed by atoms with Crippen molar-refractivity contribution in [3.8, 4) is 0 Å². The van der Waals surface area contributed by atoms with Gasteiger partial charge in [-0.15, -0.1) is 0 Å². The predicted octanol–water partition coefficient (Wildman–Crippen LogP) is 4.05. The van der Waals surface area contributed by atoms with Gasteiger partial charge in [0.25, 0.3) is 0 Å². The Hall–Kier alpha value is -1.35. The van der Waals surface area contributed by atoms with Crippen LogP contribution < -0.4 is 5.32 Å². The van der Waals surface area contributed by atoms with Gasteiger partial charge in [-0.25, -0.2) is 0 Å². The Bertz CT molecular complexity index is 479. The number of nitrogens with one attached hydrogen (secondary N) is 1. The molecule has 0 aromatic heterocycles. The molecule has 1 fully saturated rings. The largest absolute Gasteiger partial charge is 0.480 e. The molecule has 0 radical (unpaired) electrons. The van der Waals surface area contributed by atoms with Gasteiger partial charge in [0.2, 0.25) is 0 Å². The Kier molecular flexibility index (Phi) is 5.40. The number of carboxylic acid groups (broad SMARTS) is 1. The fraction of sp³-hybridized carbons (Fsp3) is 0.611. The van der Waals surface area contributed by atoms with E-state index in [0.717, 1.165) is 29.5 Å². The Morgan fingerprint density at radius 1 is 1.10 bits per heavy atom. The molecule has 0 aliphatic heterocycles. The van der Waals surface area contributed by atoms with Gasteiger partial charge in [-0.3, -0.25) is 10.1 Å². The van der Waals surface area contributed by atoms with Crippen LogP contribution in [-0.4, -0.2) is 17.1 Å². The quantitative estimate of drug-likeness (QED) is 0.822. The van der Waals surface area contributed by atoms with Crippen LogP contribution in [0.1, 0.15) is 66.8 Å². The second-order valence-electron chi connectivity index (χ2n) is 6.44. The second-order valence-corrected chi connectivity index (χ2v) is 6.44. The van der Waals surface area contributed by atoms with Crippen molar-refractivity contribution < 1.29 is 9.90 Å². The summed E-state index contributed by atoms with van der Waals surface area (Å²) in [6, 6.07) is 3.89. The van der Waals surface area contributed by atoms with Gasteiger partial charge in [-0.2, -0.15) is 0 Å². The molecule has 2 rings (SSSR count). The van der Waals surface area contributed by atoms with Gasteiger partial charge in [0.15, 0.2) is 0 Å². The Morgan fingerprint density at radius 3 is 2.10 bits per heavy atom. The maximum Gasteiger partial charge on any atom is 0.325 e. The van der Waals surface area contributed by atoms with Crippen molar-refractivity contribution in [2.24, 2.45) is 0 Å². The molecule has 0 saturated heterocycles. The summed E-state index contributed by atoms with van der Waals surface area (Å²) in [5.41, 5.74) is 4.27. The van der Waals surface area contributed by atoms with E-state index in [1.54, 1.807) is 0 Å². The van der Waals surface area contributed by atoms with Crippen molar-refractivity contribution in [2.75, 3.05) is 0 Å². The number of aliphatic carboxylic acids is 1. The number of carboxylic acids is 1. The molecule has 0 heterocycles. The molecule has 1 unspecified atom stereocenters. The van der Waals surface area contributed by atoms with Crippen LogP contribution in [0.15, 0.2) is 12.1 Å². The minimum atomic E-state index is -0.769. The predicted molar refractivity (Wildman–Crippen MR) is 85.7 cm³/mol. The third kappa shape index (κ3) is 4.07. The van der Waals surface area contributed by atoms with Crippen molar-refractivity contribution in [1.82, 2.24) is 5.32 Å². The topological polar surface area (TPSA) is 49.3 Å². The SMILES string of the molecule is Cc1cc(C)c(C(NC2CCCCCC2)C(=O)O)c(C)c1. The summed E-state index contributed by atoms with van der Waals surface area (Å²) >= 11 is 0. The first-order valence-corrected chi connectivity index (χ1v) is 8.05. The fourth-order valence-electron chi connectivity index (χ4n) is 3.61. The van der Waals surface area contributed by atoms with Gasteiger partial charge >= 0.3 is 5.97 Å². The molecular weight excluding hydrogens is 262 g/mol. The average molecular weight is 289 g/mol. The van der Waals surface area contributed by atoms with Gasteiger partial charge in [-0.1, -0.05) is 43.4 Å². The molecule has 1 aliphatic carbocycles. The molecule has 1 aromatic carbocycles. The van der Waals surface area contributed by atoms with Crippen LogP contribution in [0.3, 0.4) is 0 Å². The van der Waals surface area contributed by atoms with E-state index < -0.39 is 12.0 Å². The zero-order chi connectivity index (χ0) is 15.4. The maximum absolute atomic E-state index is 11.8. The van der Waals surface area contributed by atoms with Crippen LogP contribution in [0.2, 0.25) is 0 Å². The van der Waals surface area contributed by atoms with Crippen molar-refractivity contribution in [2.45, 2.75) is 71.4 Å². The third-order valence-electron chi connectivity index (χ3n) is 4.53. The van der Waals surface area contributed by atoms with Gasteiger partial charge in [0.1, 0.15) is 6.04 Å². The normalized spacial score (nSPS) is 18.2. The van der Waals surface area contributed by atoms with E-state index in [-0.39, 0.29) is 0 Å². The van der Waals surface area contributed by atoms with E-state index in [4.69, 9.17) is 0 Å². The summed E-state index contributed by atoms with van der Waals surface area (Å²) < 4.78 is 0. The van der Waals surface area contributed by atoms with Crippen LogP contribution in [0.4, 0.5) is 0 Å². The number of aryl methyl sites for hydroxylation is 3. The van der Waals surface area contributed by atoms with Crippen molar-refractivity contribution >= 4 is 5.97 Å². The van der Waals surface area contributed by atoms with Crippen LogP contribution >= 0.6 is 0 Å². The molecule has 3 heteroatoms. The molecule has 1 aromatic rings. The highest BCUT2D eigenvalue weighted by molar-refractivity contribution is 5.77. The molecule has 116 valence electrons. The zero-order valence-electron chi connectivity index (χ0n) is 13.4. The molecular formula is C18H27NO2. The molecule has 1 atom stereocenters. The summed E-state index contributed by atoms with van der Waals surface area (Å²) in [5.74, 6) is -0.769. The lowest BCUT2D eigenvalue weighted by atomic mass is 9.93. The lowest BCUT2D eigenvalue weighted by molar-refractivity contribution is -0.140. The van der Waals surface area contributed by atoms with Crippen LogP contribution in [0, 0.1) is 20.8 Å². The monoisotopic (exact) mass is 289 g/mol. The maximum atomic E-state index is 11.8. The van der Waals surface area contributed by atoms with Gasteiger partial charge in [-0.05, 0) is 50.3 Å². The van der Waals surface area contributed by atoms with Crippen molar-refractivity contribution in [3.63, 3.8) is 0 Å². The summed E-state index contributed by atoms with van der Waals surface area (Å²) in [5, 5.41) is 13.1. The first-order chi connectivity index (χ1) is 9.99. The Labute approximate surface area is 127 Å². The average Bonchev–Trinajstić information content (AvgIpc) is 2.64. The van der Waals surface area contributed by atoms with Gasteiger partial charge in [0.05, 0.1) is 0 Å². The van der Waals surface area contributed by atoms with E-state index in [1.165, 1.54) is 31.2 Å². The molecule has 1 saturated carbocycles. The minimum absolute atomic E-state index is 0.328. The van der Waals surface area contributed by atoms with Crippen LogP contribution in [0.5, 0.6) is 0 Å². The van der Waals surface area contributed by atoms with E-state index in [0.29, 0.717) is 6.04 Å². The van der Waals surface area contributed by atoms with E-state index >= 15 is 0 Å². The first-order valence-electron chi connectivity index (χ1n) is 8.05. The van der Waals surface area contributed by atoms with Crippen LogP contribution in [-0.2, 0) is 4.79 Å². The molecule has 1 aliphatic rings. The molecule has 0 bridgehead atoms. The molecule has 0 amide bonds. The number of carbonyl (C=O) groups is 1. The molecule has 0 spiro atoms. The van der Waals surface area contributed by atoms with E-state index in [1.807, 2.05) is 13.8 Å². The number of hydrogen-bond donors (Lipinski definition) is 2. The Balaban J connectivity index is 2.25. The van der Waals surface area contributed by atoms with E-state index in [9.17, 15) is 9.90 Å². The van der Waals surface area contributed by atoms with E-state index in [2.05, 4.69) is 24.4 Å². The standard InChI is InChI=1S/C18H27NO2/c1-12-10-13(2)16(14(3)11-12)17(18(20)21)19-15-8-6-4-5-7-9-15/h10-11,15,17,19H,4-9H2,1-3H3,(H,20,21). The molecule has 3 nitrogen and oxygen atoms in total. The van der Waals surface area contributed by atoms with Gasteiger partial charge in [0, 0.05) is 6.04 Å². The fourth-order valence-corrected chi connectivity index (χ4v) is 3.61. The Morgan fingerprint density at radius 2 is 1.62 bits per heavy atom. The summed E-state index contributed by atoms with van der Waals surface area (Å²) in [7, 11) is 0. The summed E-state index contributed by atoms with van der Waals surface area (Å²) in [4.78, 5) is 11.8. The van der Waals surface area contributed by atoms with Crippen LogP contribution in [0.25, 0.3) is 0 Å². The summed E-state index contributed by atoms with van der Waals surface area (Å²) in [6.45, 7) is 6.08. The van der Waals surface area contributed by atoms with Crippen molar-refractivity contribution in [3.05, 3.63) is 34.4 Å². The lowest BCUT2D eigenvalue weighted by Crippen LogP contribution is -2.37. The third-order valence-corrected chi connectivity index (χ3v) is 4.53. The smallest absolute Gasteiger partial charge is 0.325 e. The molecule has 21 heavy (non-hydrogen) atoms. The minimum Gasteiger partial charge on any atom is -0.480 e. The number of rotatable bonds is 4. The number of hydrogen-bond acceptors (Lipinski definition) is 2. The number of benzene rings is 1. The molecule has 2 N–H and O–H groups in total. The summed E-state index contributed by atoms with van der Waals surface area (Å²) in [6.07, 6.45) is 7.14. The van der Waals surface area contributed by atoms with Gasteiger partial charge < -0.3 is 5.11 Å². The first kappa shape index (κ1) is 16.0. The lowest BCUT2D eigenvalue weighted by Gasteiger charge is -2.25.